The van der Waals surface area contributed by atoms with Crippen LogP contribution in [0.1, 0.15) is 23.6 Å². The van der Waals surface area contributed by atoms with Crippen LogP contribution in [0, 0.1) is 11.6 Å². The number of benzene rings is 3. The van der Waals surface area contributed by atoms with E-state index in [4.69, 9.17) is 0 Å². The largest absolute Gasteiger partial charge is 0.345 e. The molecule has 30 heavy (non-hydrogen) atoms. The van der Waals surface area contributed by atoms with Crippen LogP contribution in [0.25, 0.3) is 0 Å². The number of nitrogens with one attached hydrogen (secondary N) is 2. The van der Waals surface area contributed by atoms with Gasteiger partial charge in [-0.15, -0.1) is 0 Å². The Morgan fingerprint density at radius 1 is 0.833 bits per heavy atom. The van der Waals surface area contributed by atoms with Gasteiger partial charge in [0, 0.05) is 13.0 Å². The van der Waals surface area contributed by atoms with E-state index in [0.29, 0.717) is 6.07 Å². The Labute approximate surface area is 173 Å². The van der Waals surface area contributed by atoms with Crippen molar-refractivity contribution in [2.24, 2.45) is 0 Å². The third-order valence-corrected chi connectivity index (χ3v) is 5.88. The van der Waals surface area contributed by atoms with Crippen molar-refractivity contribution in [2.45, 2.75) is 17.4 Å². The molecule has 0 aromatic heterocycles. The lowest BCUT2D eigenvalue weighted by Gasteiger charge is -2.20. The van der Waals surface area contributed by atoms with Gasteiger partial charge in [-0.3, -0.25) is 4.79 Å². The second-order valence-electron chi connectivity index (χ2n) is 6.55. The minimum absolute atomic E-state index is 0.126. The second kappa shape index (κ2) is 9.60. The number of hydrogen-bond donors (Lipinski definition) is 2. The van der Waals surface area contributed by atoms with E-state index in [2.05, 4.69) is 10.0 Å². The van der Waals surface area contributed by atoms with E-state index in [1.807, 2.05) is 60.7 Å². The van der Waals surface area contributed by atoms with E-state index in [1.165, 1.54) is 0 Å². The molecular formula is C22H20F2N2O3S. The van der Waals surface area contributed by atoms with Crippen LogP contribution in [-0.2, 0) is 14.8 Å². The molecule has 0 saturated carbocycles. The lowest BCUT2D eigenvalue weighted by atomic mass is 9.98. The Bertz CT molecular complexity index is 1070. The Kier molecular flexibility index (Phi) is 6.91. The summed E-state index contributed by atoms with van der Waals surface area (Å²) in [6.07, 6.45) is -0.126. The average molecular weight is 430 g/mol. The quantitative estimate of drug-likeness (QED) is 0.574. The Hall–Kier alpha value is -3.10. The second-order valence-corrected chi connectivity index (χ2v) is 8.31. The first-order chi connectivity index (χ1) is 14.4. The van der Waals surface area contributed by atoms with Crippen molar-refractivity contribution in [2.75, 3.05) is 6.54 Å². The molecule has 0 aliphatic rings. The molecule has 3 rings (SSSR count). The molecule has 2 N–H and O–H groups in total. The summed E-state index contributed by atoms with van der Waals surface area (Å²) in [5.41, 5.74) is 1.78. The maximum absolute atomic E-state index is 13.3. The smallest absolute Gasteiger partial charge is 0.240 e. The van der Waals surface area contributed by atoms with Crippen LogP contribution in [0.5, 0.6) is 0 Å². The van der Waals surface area contributed by atoms with Gasteiger partial charge >= 0.3 is 0 Å². The molecule has 3 aromatic rings. The molecule has 0 spiro atoms. The van der Waals surface area contributed by atoms with Crippen molar-refractivity contribution < 1.29 is 22.0 Å². The first-order valence-electron chi connectivity index (χ1n) is 9.21. The fourth-order valence-electron chi connectivity index (χ4n) is 2.91. The third kappa shape index (κ3) is 5.49. The van der Waals surface area contributed by atoms with E-state index in [1.54, 1.807) is 0 Å². The Balaban J connectivity index is 1.64. The normalized spacial score (nSPS) is 11.4. The third-order valence-electron chi connectivity index (χ3n) is 4.42. The van der Waals surface area contributed by atoms with Crippen LogP contribution in [0.2, 0.25) is 0 Å². The van der Waals surface area contributed by atoms with Gasteiger partial charge < -0.3 is 5.32 Å². The van der Waals surface area contributed by atoms with Crippen molar-refractivity contribution in [3.05, 3.63) is 102 Å². The maximum Gasteiger partial charge on any atom is 0.240 e. The number of hydrogen-bond acceptors (Lipinski definition) is 3. The molecule has 0 fully saturated rings. The Morgan fingerprint density at radius 2 is 1.40 bits per heavy atom. The molecular weight excluding hydrogens is 410 g/mol. The summed E-state index contributed by atoms with van der Waals surface area (Å²) in [7, 11) is -4.06. The number of rotatable bonds is 8. The SMILES string of the molecule is O=C(CCNS(=O)(=O)c1ccc(F)c(F)c1)NC(c1ccccc1)c1ccccc1. The van der Waals surface area contributed by atoms with Crippen LogP contribution < -0.4 is 10.0 Å². The molecule has 8 heteroatoms. The molecule has 1 amide bonds. The van der Waals surface area contributed by atoms with Crippen LogP contribution in [0.4, 0.5) is 8.78 Å². The lowest BCUT2D eigenvalue weighted by Crippen LogP contribution is -2.33. The van der Waals surface area contributed by atoms with Crippen LogP contribution in [0.15, 0.2) is 83.8 Å². The summed E-state index contributed by atoms with van der Waals surface area (Å²) in [6.45, 7) is -0.191. The number of halogens is 2. The fraction of sp³-hybridized carbons (Fsp3) is 0.136. The summed E-state index contributed by atoms with van der Waals surface area (Å²) >= 11 is 0. The highest BCUT2D eigenvalue weighted by molar-refractivity contribution is 7.89. The molecule has 156 valence electrons. The predicted molar refractivity (Wildman–Crippen MR) is 109 cm³/mol. The monoisotopic (exact) mass is 430 g/mol. The van der Waals surface area contributed by atoms with E-state index in [-0.39, 0.29) is 24.9 Å². The Morgan fingerprint density at radius 3 is 1.93 bits per heavy atom. The summed E-state index contributed by atoms with van der Waals surface area (Å²) < 4.78 is 52.9. The summed E-state index contributed by atoms with van der Waals surface area (Å²) in [5, 5.41) is 2.91. The van der Waals surface area contributed by atoms with E-state index in [9.17, 15) is 22.0 Å². The van der Waals surface area contributed by atoms with Gasteiger partial charge in [-0.05, 0) is 29.3 Å². The van der Waals surface area contributed by atoms with Gasteiger partial charge in [0.2, 0.25) is 15.9 Å². The molecule has 0 bridgehead atoms. The first-order valence-corrected chi connectivity index (χ1v) is 10.7. The van der Waals surface area contributed by atoms with Crippen LogP contribution >= 0.6 is 0 Å². The summed E-state index contributed by atoms with van der Waals surface area (Å²) in [6, 6.07) is 20.7. The summed E-state index contributed by atoms with van der Waals surface area (Å²) in [4.78, 5) is 12.1. The number of sulfonamides is 1. The van der Waals surface area contributed by atoms with Gasteiger partial charge in [-0.2, -0.15) is 0 Å². The van der Waals surface area contributed by atoms with E-state index in [0.717, 1.165) is 23.3 Å². The van der Waals surface area contributed by atoms with Gasteiger partial charge in [0.15, 0.2) is 11.6 Å². The first kappa shape index (κ1) is 21.6. The van der Waals surface area contributed by atoms with E-state index >= 15 is 0 Å². The van der Waals surface area contributed by atoms with Crippen molar-refractivity contribution >= 4 is 15.9 Å². The highest BCUT2D eigenvalue weighted by Gasteiger charge is 2.19. The maximum atomic E-state index is 13.3. The molecule has 5 nitrogen and oxygen atoms in total. The van der Waals surface area contributed by atoms with Crippen LogP contribution in [0.3, 0.4) is 0 Å². The van der Waals surface area contributed by atoms with Crippen molar-refractivity contribution in [3.8, 4) is 0 Å². The van der Waals surface area contributed by atoms with Gasteiger partial charge in [-0.25, -0.2) is 21.9 Å². The zero-order chi connectivity index (χ0) is 21.6. The summed E-state index contributed by atoms with van der Waals surface area (Å²) in [5.74, 6) is -2.76. The van der Waals surface area contributed by atoms with Crippen LogP contribution in [-0.4, -0.2) is 20.9 Å². The zero-order valence-corrected chi connectivity index (χ0v) is 16.7. The molecule has 0 saturated heterocycles. The number of amides is 1. The topological polar surface area (TPSA) is 75.3 Å². The standard InChI is InChI=1S/C22H20F2N2O3S/c23-19-12-11-18(15-20(19)24)30(28,29)25-14-13-21(27)26-22(16-7-3-1-4-8-16)17-9-5-2-6-10-17/h1-12,15,22,25H,13-14H2,(H,26,27). The van der Waals surface area contributed by atoms with Gasteiger partial charge in [-0.1, -0.05) is 60.7 Å². The molecule has 0 aliphatic heterocycles. The molecule has 0 radical (unpaired) electrons. The molecule has 0 atom stereocenters. The minimum atomic E-state index is -4.06. The molecule has 0 heterocycles. The highest BCUT2D eigenvalue weighted by Crippen LogP contribution is 2.21. The fourth-order valence-corrected chi connectivity index (χ4v) is 3.95. The van der Waals surface area contributed by atoms with Crippen molar-refractivity contribution in [1.82, 2.24) is 10.0 Å². The van der Waals surface area contributed by atoms with Gasteiger partial charge in [0.05, 0.1) is 10.9 Å². The zero-order valence-electron chi connectivity index (χ0n) is 15.9. The van der Waals surface area contributed by atoms with E-state index < -0.39 is 26.6 Å². The van der Waals surface area contributed by atoms with Crippen molar-refractivity contribution in [3.63, 3.8) is 0 Å². The highest BCUT2D eigenvalue weighted by atomic mass is 32.2. The predicted octanol–water partition coefficient (Wildman–Crippen LogP) is 3.54. The number of carbonyl (C=O) groups excluding carboxylic acids is 1. The average Bonchev–Trinajstić information content (AvgIpc) is 2.75. The lowest BCUT2D eigenvalue weighted by molar-refractivity contribution is -0.121. The molecule has 3 aromatic carbocycles. The minimum Gasteiger partial charge on any atom is -0.345 e. The van der Waals surface area contributed by atoms with Gasteiger partial charge in [0.1, 0.15) is 0 Å². The van der Waals surface area contributed by atoms with Crippen molar-refractivity contribution in [1.29, 1.82) is 0 Å². The molecule has 0 unspecified atom stereocenters. The molecule has 0 aliphatic carbocycles. The van der Waals surface area contributed by atoms with Gasteiger partial charge in [0.25, 0.3) is 0 Å². The number of carbonyl (C=O) groups is 1.